The van der Waals surface area contributed by atoms with Crippen LogP contribution in [0.2, 0.25) is 0 Å². The zero-order valence-electron chi connectivity index (χ0n) is 11.2. The van der Waals surface area contributed by atoms with Gasteiger partial charge in [0.1, 0.15) is 0 Å². The van der Waals surface area contributed by atoms with Crippen molar-refractivity contribution in [2.45, 2.75) is 12.8 Å². The molecule has 2 heteroatoms. The molecule has 0 heterocycles. The predicted molar refractivity (Wildman–Crippen MR) is 79.4 cm³/mol. The minimum absolute atomic E-state index is 0.217. The summed E-state index contributed by atoms with van der Waals surface area (Å²) in [6.07, 6.45) is 1.49. The van der Waals surface area contributed by atoms with E-state index in [4.69, 9.17) is 0 Å². The Labute approximate surface area is 114 Å². The molecule has 19 heavy (non-hydrogen) atoms. The lowest BCUT2D eigenvalue weighted by molar-refractivity contribution is 0.0980. The first-order valence-electron chi connectivity index (χ1n) is 6.64. The van der Waals surface area contributed by atoms with Crippen molar-refractivity contribution in [3.63, 3.8) is 0 Å². The summed E-state index contributed by atoms with van der Waals surface area (Å²) in [7, 11) is 1.90. The first-order valence-corrected chi connectivity index (χ1v) is 6.64. The number of hydrogen-bond acceptors (Lipinski definition) is 2. The minimum Gasteiger partial charge on any atom is -0.320 e. The van der Waals surface area contributed by atoms with Crippen molar-refractivity contribution in [1.29, 1.82) is 0 Å². The van der Waals surface area contributed by atoms with Crippen molar-refractivity contribution < 1.29 is 4.79 Å². The molecule has 0 aliphatic carbocycles. The Kier molecular flexibility index (Phi) is 4.87. The monoisotopic (exact) mass is 253 g/mol. The SMILES string of the molecule is CNCCCC(=O)c1ccc(-c2ccccc2)cc1. The van der Waals surface area contributed by atoms with Crippen molar-refractivity contribution in [1.82, 2.24) is 5.32 Å². The fourth-order valence-electron chi connectivity index (χ4n) is 2.05. The Morgan fingerprint density at radius 1 is 0.947 bits per heavy atom. The first-order chi connectivity index (χ1) is 9.31. The van der Waals surface area contributed by atoms with Gasteiger partial charge in [-0.3, -0.25) is 4.79 Å². The molecule has 1 N–H and O–H groups in total. The zero-order valence-corrected chi connectivity index (χ0v) is 11.2. The predicted octanol–water partition coefficient (Wildman–Crippen LogP) is 3.54. The molecule has 98 valence electrons. The van der Waals surface area contributed by atoms with Crippen LogP contribution in [-0.4, -0.2) is 19.4 Å². The highest BCUT2D eigenvalue weighted by Gasteiger charge is 2.05. The van der Waals surface area contributed by atoms with Gasteiger partial charge in [0.15, 0.2) is 5.78 Å². The molecule has 0 saturated carbocycles. The second kappa shape index (κ2) is 6.86. The molecule has 0 amide bonds. The number of benzene rings is 2. The summed E-state index contributed by atoms with van der Waals surface area (Å²) in [5.74, 6) is 0.217. The molecule has 0 bridgehead atoms. The van der Waals surface area contributed by atoms with Gasteiger partial charge in [-0.25, -0.2) is 0 Å². The van der Waals surface area contributed by atoms with Crippen molar-refractivity contribution in [2.24, 2.45) is 0 Å². The fraction of sp³-hybridized carbons (Fsp3) is 0.235. The number of rotatable bonds is 6. The van der Waals surface area contributed by atoms with Crippen LogP contribution in [0.4, 0.5) is 0 Å². The van der Waals surface area contributed by atoms with Crippen LogP contribution in [0.1, 0.15) is 23.2 Å². The Morgan fingerprint density at radius 2 is 1.58 bits per heavy atom. The van der Waals surface area contributed by atoms with Crippen LogP contribution >= 0.6 is 0 Å². The van der Waals surface area contributed by atoms with Gasteiger partial charge in [-0.05, 0) is 31.1 Å². The van der Waals surface area contributed by atoms with E-state index in [1.807, 2.05) is 49.5 Å². The van der Waals surface area contributed by atoms with Gasteiger partial charge in [0.05, 0.1) is 0 Å². The summed E-state index contributed by atoms with van der Waals surface area (Å²) in [5, 5.41) is 3.05. The molecule has 0 fully saturated rings. The van der Waals surface area contributed by atoms with Gasteiger partial charge in [0, 0.05) is 12.0 Å². The molecule has 0 unspecified atom stereocenters. The highest BCUT2D eigenvalue weighted by molar-refractivity contribution is 5.96. The van der Waals surface area contributed by atoms with Crippen LogP contribution < -0.4 is 5.32 Å². The van der Waals surface area contributed by atoms with Crippen molar-refractivity contribution >= 4 is 5.78 Å². The summed E-state index contributed by atoms with van der Waals surface area (Å²) >= 11 is 0. The molecular formula is C17H19NO. The van der Waals surface area contributed by atoms with Crippen LogP contribution in [0.5, 0.6) is 0 Å². The Hall–Kier alpha value is -1.93. The van der Waals surface area contributed by atoms with Gasteiger partial charge in [-0.15, -0.1) is 0 Å². The van der Waals surface area contributed by atoms with Crippen molar-refractivity contribution in [3.05, 3.63) is 60.2 Å². The number of nitrogens with one attached hydrogen (secondary N) is 1. The minimum atomic E-state index is 0.217. The topological polar surface area (TPSA) is 29.1 Å². The van der Waals surface area contributed by atoms with E-state index in [1.54, 1.807) is 0 Å². The van der Waals surface area contributed by atoms with E-state index in [2.05, 4.69) is 17.4 Å². The fourth-order valence-corrected chi connectivity index (χ4v) is 2.05. The number of hydrogen-bond donors (Lipinski definition) is 1. The molecule has 2 aromatic carbocycles. The third-order valence-corrected chi connectivity index (χ3v) is 3.14. The first kappa shape index (κ1) is 13.5. The van der Waals surface area contributed by atoms with Crippen LogP contribution in [0.3, 0.4) is 0 Å². The van der Waals surface area contributed by atoms with Crippen LogP contribution in [0, 0.1) is 0 Å². The quantitative estimate of drug-likeness (QED) is 0.630. The van der Waals surface area contributed by atoms with E-state index in [0.29, 0.717) is 6.42 Å². The number of carbonyl (C=O) groups excluding carboxylic acids is 1. The lowest BCUT2D eigenvalue weighted by Crippen LogP contribution is -2.10. The lowest BCUT2D eigenvalue weighted by atomic mass is 10.0. The van der Waals surface area contributed by atoms with E-state index >= 15 is 0 Å². The number of carbonyl (C=O) groups is 1. The smallest absolute Gasteiger partial charge is 0.162 e. The van der Waals surface area contributed by atoms with Crippen LogP contribution in [0.15, 0.2) is 54.6 Å². The molecule has 0 aliphatic heterocycles. The lowest BCUT2D eigenvalue weighted by Gasteiger charge is -2.04. The van der Waals surface area contributed by atoms with Gasteiger partial charge < -0.3 is 5.32 Å². The van der Waals surface area contributed by atoms with E-state index in [0.717, 1.165) is 24.1 Å². The second-order valence-corrected chi connectivity index (χ2v) is 4.57. The number of Topliss-reactive ketones (excluding diaryl/α,β-unsaturated/α-hetero) is 1. The van der Waals surface area contributed by atoms with E-state index in [1.165, 1.54) is 5.56 Å². The van der Waals surface area contributed by atoms with Crippen molar-refractivity contribution in [2.75, 3.05) is 13.6 Å². The van der Waals surface area contributed by atoms with Crippen LogP contribution in [0.25, 0.3) is 11.1 Å². The summed E-state index contributed by atoms with van der Waals surface area (Å²) in [5.41, 5.74) is 3.12. The van der Waals surface area contributed by atoms with E-state index < -0.39 is 0 Å². The second-order valence-electron chi connectivity index (χ2n) is 4.57. The van der Waals surface area contributed by atoms with Gasteiger partial charge in [-0.2, -0.15) is 0 Å². The molecule has 2 rings (SSSR count). The average molecular weight is 253 g/mol. The molecule has 2 nitrogen and oxygen atoms in total. The molecule has 0 spiro atoms. The van der Waals surface area contributed by atoms with Gasteiger partial charge in [0.25, 0.3) is 0 Å². The maximum atomic E-state index is 11.9. The molecule has 0 saturated heterocycles. The highest BCUT2D eigenvalue weighted by atomic mass is 16.1. The molecule has 0 aromatic heterocycles. The van der Waals surface area contributed by atoms with E-state index in [-0.39, 0.29) is 5.78 Å². The molecular weight excluding hydrogens is 234 g/mol. The van der Waals surface area contributed by atoms with E-state index in [9.17, 15) is 4.79 Å². The third kappa shape index (κ3) is 3.76. The maximum Gasteiger partial charge on any atom is 0.162 e. The summed E-state index contributed by atoms with van der Waals surface area (Å²) in [6.45, 7) is 0.883. The van der Waals surface area contributed by atoms with Gasteiger partial charge in [0.2, 0.25) is 0 Å². The normalized spacial score (nSPS) is 10.4. The summed E-state index contributed by atoms with van der Waals surface area (Å²) in [4.78, 5) is 11.9. The third-order valence-electron chi connectivity index (χ3n) is 3.14. The standard InChI is InChI=1S/C17H19NO/c1-18-13-5-8-17(19)16-11-9-15(10-12-16)14-6-3-2-4-7-14/h2-4,6-7,9-12,18H,5,8,13H2,1H3. The summed E-state index contributed by atoms with van der Waals surface area (Å²) < 4.78 is 0. The van der Waals surface area contributed by atoms with Gasteiger partial charge in [-0.1, -0.05) is 54.6 Å². The Bertz CT molecular complexity index is 517. The van der Waals surface area contributed by atoms with Crippen molar-refractivity contribution in [3.8, 4) is 11.1 Å². The molecule has 0 atom stereocenters. The largest absolute Gasteiger partial charge is 0.320 e. The van der Waals surface area contributed by atoms with Crippen LogP contribution in [-0.2, 0) is 0 Å². The highest BCUT2D eigenvalue weighted by Crippen LogP contribution is 2.19. The Morgan fingerprint density at radius 3 is 2.21 bits per heavy atom. The molecule has 0 aliphatic rings. The average Bonchev–Trinajstić information content (AvgIpc) is 2.48. The number of ketones is 1. The molecule has 2 aromatic rings. The zero-order chi connectivity index (χ0) is 13.5. The summed E-state index contributed by atoms with van der Waals surface area (Å²) in [6, 6.07) is 18.1. The molecule has 0 radical (unpaired) electrons. The van der Waals surface area contributed by atoms with Gasteiger partial charge >= 0.3 is 0 Å². The maximum absolute atomic E-state index is 11.9. The Balaban J connectivity index is 2.04.